The molecule has 1 amide bonds. The lowest BCUT2D eigenvalue weighted by atomic mass is 10.0. The molecule has 0 aromatic heterocycles. The second kappa shape index (κ2) is 9.15. The van der Waals surface area contributed by atoms with E-state index in [-0.39, 0.29) is 18.3 Å². The van der Waals surface area contributed by atoms with Gasteiger partial charge in [0.15, 0.2) is 12.4 Å². The minimum absolute atomic E-state index is 0.0651. The van der Waals surface area contributed by atoms with Crippen LogP contribution < -0.4 is 10.1 Å². The van der Waals surface area contributed by atoms with Crippen molar-refractivity contribution in [3.05, 3.63) is 95.6 Å². The fraction of sp³-hybridized carbons (Fsp3) is 0.0870. The lowest BCUT2D eigenvalue weighted by Crippen LogP contribution is -2.20. The summed E-state index contributed by atoms with van der Waals surface area (Å²) < 4.78 is 5.48. The fourth-order valence-electron chi connectivity index (χ4n) is 2.60. The maximum absolute atomic E-state index is 12.4. The van der Waals surface area contributed by atoms with E-state index in [0.717, 1.165) is 5.56 Å². The van der Waals surface area contributed by atoms with Crippen LogP contribution in [0.2, 0.25) is 0 Å². The molecule has 0 fully saturated rings. The number of ether oxygens (including phenoxy) is 1. The van der Waals surface area contributed by atoms with Gasteiger partial charge in [-0.15, -0.1) is 0 Å². The number of ketones is 1. The van der Waals surface area contributed by atoms with Crippen LogP contribution in [0.15, 0.2) is 78.9 Å². The molecule has 0 atom stereocenters. The van der Waals surface area contributed by atoms with Crippen molar-refractivity contribution in [2.45, 2.75) is 6.42 Å². The molecule has 3 aromatic rings. The van der Waals surface area contributed by atoms with Crippen molar-refractivity contribution in [3.8, 4) is 11.8 Å². The minimum atomic E-state index is -0.294. The predicted molar refractivity (Wildman–Crippen MR) is 106 cm³/mol. The molecule has 0 heterocycles. The van der Waals surface area contributed by atoms with Crippen LogP contribution >= 0.6 is 0 Å². The van der Waals surface area contributed by atoms with Crippen LogP contribution in [0.1, 0.15) is 21.5 Å². The van der Waals surface area contributed by atoms with Gasteiger partial charge >= 0.3 is 0 Å². The number of carbonyl (C=O) groups excluding carboxylic acids is 2. The highest BCUT2D eigenvalue weighted by molar-refractivity contribution is 6.09. The van der Waals surface area contributed by atoms with Crippen LogP contribution in [0.5, 0.6) is 5.75 Å². The van der Waals surface area contributed by atoms with E-state index in [0.29, 0.717) is 29.0 Å². The Morgan fingerprint density at radius 1 is 0.857 bits per heavy atom. The van der Waals surface area contributed by atoms with E-state index >= 15 is 0 Å². The summed E-state index contributed by atoms with van der Waals surface area (Å²) in [7, 11) is 0. The van der Waals surface area contributed by atoms with Gasteiger partial charge in [0, 0.05) is 16.8 Å². The molecule has 0 aliphatic heterocycles. The molecule has 28 heavy (non-hydrogen) atoms. The maximum Gasteiger partial charge on any atom is 0.262 e. The average Bonchev–Trinajstić information content (AvgIpc) is 2.74. The van der Waals surface area contributed by atoms with Gasteiger partial charge in [-0.05, 0) is 42.0 Å². The number of nitrogens with one attached hydrogen (secondary N) is 1. The number of hydrogen-bond acceptors (Lipinski definition) is 4. The third-order valence-electron chi connectivity index (χ3n) is 4.04. The van der Waals surface area contributed by atoms with Gasteiger partial charge in [-0.3, -0.25) is 9.59 Å². The standard InChI is InChI=1S/C23H18N2O3/c24-15-14-17-6-10-20(11-7-17)25-22(26)16-28-21-12-8-19(9-13-21)23(27)18-4-2-1-3-5-18/h1-13H,14,16H2,(H,25,26). The smallest absolute Gasteiger partial charge is 0.262 e. The number of nitriles is 1. The number of hydrogen-bond donors (Lipinski definition) is 1. The van der Waals surface area contributed by atoms with Crippen LogP contribution in [0.4, 0.5) is 5.69 Å². The van der Waals surface area contributed by atoms with Gasteiger partial charge in [0.05, 0.1) is 12.5 Å². The molecule has 0 spiro atoms. The quantitative estimate of drug-likeness (QED) is 0.638. The van der Waals surface area contributed by atoms with Gasteiger partial charge in [-0.1, -0.05) is 42.5 Å². The van der Waals surface area contributed by atoms with E-state index in [2.05, 4.69) is 11.4 Å². The van der Waals surface area contributed by atoms with E-state index in [9.17, 15) is 9.59 Å². The van der Waals surface area contributed by atoms with Crippen LogP contribution in [0, 0.1) is 11.3 Å². The third kappa shape index (κ3) is 5.05. The van der Waals surface area contributed by atoms with Gasteiger partial charge < -0.3 is 10.1 Å². The number of benzene rings is 3. The highest BCUT2D eigenvalue weighted by atomic mass is 16.5. The van der Waals surface area contributed by atoms with E-state index in [4.69, 9.17) is 10.00 Å². The molecule has 5 nitrogen and oxygen atoms in total. The number of anilines is 1. The topological polar surface area (TPSA) is 79.2 Å². The monoisotopic (exact) mass is 370 g/mol. The van der Waals surface area contributed by atoms with Gasteiger partial charge in [0.1, 0.15) is 5.75 Å². The first kappa shape index (κ1) is 18.9. The van der Waals surface area contributed by atoms with Crippen molar-refractivity contribution < 1.29 is 14.3 Å². The second-order valence-electron chi connectivity index (χ2n) is 6.09. The molecule has 0 radical (unpaired) electrons. The summed E-state index contributed by atoms with van der Waals surface area (Å²) in [6.45, 7) is -0.147. The van der Waals surface area contributed by atoms with E-state index in [1.807, 2.05) is 18.2 Å². The zero-order valence-electron chi connectivity index (χ0n) is 15.1. The Balaban J connectivity index is 1.52. The van der Waals surface area contributed by atoms with Gasteiger partial charge in [0.2, 0.25) is 0 Å². The lowest BCUT2D eigenvalue weighted by Gasteiger charge is -2.08. The third-order valence-corrected chi connectivity index (χ3v) is 4.04. The zero-order chi connectivity index (χ0) is 19.8. The number of carbonyl (C=O) groups is 2. The summed E-state index contributed by atoms with van der Waals surface area (Å²) in [5.41, 5.74) is 2.71. The summed E-state index contributed by atoms with van der Waals surface area (Å²) in [5, 5.41) is 11.4. The molecule has 1 N–H and O–H groups in total. The van der Waals surface area contributed by atoms with E-state index < -0.39 is 0 Å². The Labute approximate surface area is 163 Å². The van der Waals surface area contributed by atoms with Crippen molar-refractivity contribution in [1.82, 2.24) is 0 Å². The van der Waals surface area contributed by atoms with Crippen molar-refractivity contribution in [2.24, 2.45) is 0 Å². The van der Waals surface area contributed by atoms with Crippen LogP contribution in [-0.2, 0) is 11.2 Å². The Morgan fingerprint density at radius 2 is 1.50 bits per heavy atom. The van der Waals surface area contributed by atoms with Crippen LogP contribution in [0.25, 0.3) is 0 Å². The molecule has 3 rings (SSSR count). The molecule has 3 aromatic carbocycles. The molecule has 0 unspecified atom stereocenters. The van der Waals surface area contributed by atoms with Crippen LogP contribution in [-0.4, -0.2) is 18.3 Å². The molecule has 0 aliphatic carbocycles. The molecular formula is C23H18N2O3. The Morgan fingerprint density at radius 3 is 2.14 bits per heavy atom. The average molecular weight is 370 g/mol. The van der Waals surface area contributed by atoms with Crippen molar-refractivity contribution in [1.29, 1.82) is 5.26 Å². The number of rotatable bonds is 7. The summed E-state index contributed by atoms with van der Waals surface area (Å²) in [6, 6.07) is 24.9. The van der Waals surface area contributed by atoms with E-state index in [1.165, 1.54) is 0 Å². The molecular weight excluding hydrogens is 352 g/mol. The Bertz CT molecular complexity index is 989. The second-order valence-corrected chi connectivity index (χ2v) is 6.09. The van der Waals surface area contributed by atoms with E-state index in [1.54, 1.807) is 60.7 Å². The fourth-order valence-corrected chi connectivity index (χ4v) is 2.60. The maximum atomic E-state index is 12.4. The Kier molecular flexibility index (Phi) is 6.17. The predicted octanol–water partition coefficient (Wildman–Crippen LogP) is 4.00. The first-order valence-corrected chi connectivity index (χ1v) is 8.74. The summed E-state index contributed by atoms with van der Waals surface area (Å²) >= 11 is 0. The molecule has 0 saturated heterocycles. The van der Waals surface area contributed by atoms with Crippen molar-refractivity contribution in [3.63, 3.8) is 0 Å². The summed E-state index contributed by atoms with van der Waals surface area (Å²) in [6.07, 6.45) is 0.333. The van der Waals surface area contributed by atoms with Gasteiger partial charge in [-0.25, -0.2) is 0 Å². The highest BCUT2D eigenvalue weighted by Crippen LogP contribution is 2.16. The van der Waals surface area contributed by atoms with Gasteiger partial charge in [0.25, 0.3) is 5.91 Å². The summed E-state index contributed by atoms with van der Waals surface area (Å²) in [4.78, 5) is 24.4. The number of amides is 1. The van der Waals surface area contributed by atoms with Gasteiger partial charge in [-0.2, -0.15) is 5.26 Å². The molecule has 0 aliphatic rings. The number of nitrogens with zero attached hydrogens (tertiary/aromatic N) is 1. The molecule has 0 bridgehead atoms. The molecule has 138 valence electrons. The van der Waals surface area contributed by atoms with Crippen molar-refractivity contribution >= 4 is 17.4 Å². The minimum Gasteiger partial charge on any atom is -0.484 e. The van der Waals surface area contributed by atoms with Crippen LogP contribution in [0.3, 0.4) is 0 Å². The highest BCUT2D eigenvalue weighted by Gasteiger charge is 2.09. The lowest BCUT2D eigenvalue weighted by molar-refractivity contribution is -0.118. The SMILES string of the molecule is N#CCc1ccc(NC(=O)COc2ccc(C(=O)c3ccccc3)cc2)cc1. The normalized spacial score (nSPS) is 9.96. The van der Waals surface area contributed by atoms with Crippen molar-refractivity contribution in [2.75, 3.05) is 11.9 Å². The first-order chi connectivity index (χ1) is 13.7. The molecule has 0 saturated carbocycles. The Hall–Kier alpha value is -3.91. The largest absolute Gasteiger partial charge is 0.484 e. The summed E-state index contributed by atoms with van der Waals surface area (Å²) in [5.74, 6) is 0.145. The molecule has 5 heteroatoms. The first-order valence-electron chi connectivity index (χ1n) is 8.74. The zero-order valence-corrected chi connectivity index (χ0v) is 15.1.